The molecule has 0 bridgehead atoms. The van der Waals surface area contributed by atoms with Crippen LogP contribution in [0.2, 0.25) is 0 Å². The summed E-state index contributed by atoms with van der Waals surface area (Å²) >= 11 is 0. The van der Waals surface area contributed by atoms with Gasteiger partial charge >= 0.3 is 0 Å². The van der Waals surface area contributed by atoms with E-state index in [1.54, 1.807) is 0 Å². The lowest BCUT2D eigenvalue weighted by Gasteiger charge is -2.19. The fraction of sp³-hybridized carbons (Fsp3) is 0.944. The summed E-state index contributed by atoms with van der Waals surface area (Å²) in [7, 11) is 0. The molecule has 0 saturated carbocycles. The molecule has 0 aromatic heterocycles. The minimum absolute atomic E-state index is 1.28. The van der Waals surface area contributed by atoms with Crippen LogP contribution in [0.15, 0.2) is 0 Å². The van der Waals surface area contributed by atoms with Crippen LogP contribution in [0.25, 0.3) is 0 Å². The second-order valence-corrected chi connectivity index (χ2v) is 5.83. The van der Waals surface area contributed by atoms with E-state index in [0.29, 0.717) is 0 Å². The van der Waals surface area contributed by atoms with Crippen molar-refractivity contribution in [2.75, 3.05) is 13.1 Å². The van der Waals surface area contributed by atoms with Gasteiger partial charge in [0.2, 0.25) is 0 Å². The summed E-state index contributed by atoms with van der Waals surface area (Å²) in [5.74, 6) is 0. The first-order valence-corrected chi connectivity index (χ1v) is 8.88. The molecule has 0 saturated heterocycles. The molecule has 0 aliphatic heterocycles. The van der Waals surface area contributed by atoms with Crippen molar-refractivity contribution in [3.63, 3.8) is 0 Å². The Morgan fingerprint density at radius 1 is 0.579 bits per heavy atom. The third-order valence-electron chi connectivity index (χ3n) is 3.96. The molecule has 0 amide bonds. The van der Waals surface area contributed by atoms with Gasteiger partial charge < -0.3 is 0 Å². The van der Waals surface area contributed by atoms with Crippen LogP contribution < -0.4 is 0 Å². The van der Waals surface area contributed by atoms with E-state index in [0.717, 1.165) is 0 Å². The summed E-state index contributed by atoms with van der Waals surface area (Å²) in [6.45, 7) is 11.6. The Morgan fingerprint density at radius 2 is 0.947 bits per heavy atom. The molecule has 1 nitrogen and oxygen atoms in total. The molecule has 0 spiro atoms. The Balaban J connectivity index is 3.30. The molecular formula is C18H38N. The molecular weight excluding hydrogens is 230 g/mol. The molecule has 115 valence electrons. The minimum atomic E-state index is 1.28. The van der Waals surface area contributed by atoms with E-state index < -0.39 is 0 Å². The zero-order chi connectivity index (χ0) is 14.2. The molecule has 1 heteroatoms. The molecule has 0 heterocycles. The van der Waals surface area contributed by atoms with Gasteiger partial charge in [-0.3, -0.25) is 4.90 Å². The van der Waals surface area contributed by atoms with E-state index in [4.69, 9.17) is 0 Å². The van der Waals surface area contributed by atoms with E-state index in [-0.39, 0.29) is 0 Å². The summed E-state index contributed by atoms with van der Waals surface area (Å²) in [6, 6.07) is 0. The van der Waals surface area contributed by atoms with Crippen LogP contribution in [-0.4, -0.2) is 18.0 Å². The van der Waals surface area contributed by atoms with E-state index in [2.05, 4.69) is 32.2 Å². The van der Waals surface area contributed by atoms with Gasteiger partial charge in [-0.15, -0.1) is 0 Å². The third kappa shape index (κ3) is 14.2. The number of unbranched alkanes of at least 4 members (excludes halogenated alkanes) is 10. The van der Waals surface area contributed by atoms with Gasteiger partial charge in [0, 0.05) is 6.54 Å². The Labute approximate surface area is 123 Å². The summed E-state index contributed by atoms with van der Waals surface area (Å²) in [5.41, 5.74) is 0. The van der Waals surface area contributed by atoms with Crippen LogP contribution in [0, 0.1) is 6.54 Å². The molecule has 0 aliphatic carbocycles. The molecule has 0 N–H and O–H groups in total. The highest BCUT2D eigenvalue weighted by atomic mass is 15.1. The predicted octanol–water partition coefficient (Wildman–Crippen LogP) is 6.19. The first-order chi connectivity index (χ1) is 9.35. The van der Waals surface area contributed by atoms with Gasteiger partial charge in [0.1, 0.15) is 0 Å². The van der Waals surface area contributed by atoms with Crippen molar-refractivity contribution in [1.29, 1.82) is 0 Å². The van der Waals surface area contributed by atoms with Crippen molar-refractivity contribution in [3.8, 4) is 0 Å². The number of nitrogens with zero attached hydrogens (tertiary/aromatic N) is 1. The largest absolute Gasteiger partial charge is 0.299 e. The summed E-state index contributed by atoms with van der Waals surface area (Å²) < 4.78 is 0. The lowest BCUT2D eigenvalue weighted by molar-refractivity contribution is 0.317. The Kier molecular flexibility index (Phi) is 16.0. The average molecular weight is 269 g/mol. The van der Waals surface area contributed by atoms with Gasteiger partial charge in [-0.05, 0) is 32.9 Å². The van der Waals surface area contributed by atoms with Crippen molar-refractivity contribution < 1.29 is 0 Å². The van der Waals surface area contributed by atoms with Crippen LogP contribution in [0.3, 0.4) is 0 Å². The predicted molar refractivity (Wildman–Crippen MR) is 88.3 cm³/mol. The zero-order valence-electron chi connectivity index (χ0n) is 13.9. The van der Waals surface area contributed by atoms with Crippen LogP contribution in [0.1, 0.15) is 97.8 Å². The minimum Gasteiger partial charge on any atom is -0.299 e. The maximum atomic E-state index is 2.53. The maximum absolute atomic E-state index is 2.53. The molecule has 0 atom stereocenters. The topological polar surface area (TPSA) is 3.24 Å². The molecule has 0 aromatic carbocycles. The molecule has 0 aliphatic rings. The van der Waals surface area contributed by atoms with Gasteiger partial charge in [0.15, 0.2) is 0 Å². The van der Waals surface area contributed by atoms with E-state index in [9.17, 15) is 0 Å². The lowest BCUT2D eigenvalue weighted by Crippen LogP contribution is -2.22. The highest BCUT2D eigenvalue weighted by Crippen LogP contribution is 2.09. The molecule has 0 unspecified atom stereocenters. The van der Waals surface area contributed by atoms with Crippen LogP contribution >= 0.6 is 0 Å². The highest BCUT2D eigenvalue weighted by Gasteiger charge is 2.02. The van der Waals surface area contributed by atoms with Crippen molar-refractivity contribution in [3.05, 3.63) is 6.54 Å². The standard InChI is InChI=1S/C18H38N/c1-4-7-9-11-13-15-17-19(6-3)18-16-14-12-10-8-5-2/h6H,4-5,7-18H2,1-3H3. The van der Waals surface area contributed by atoms with E-state index in [1.807, 2.05) is 0 Å². The first kappa shape index (κ1) is 19.0. The third-order valence-corrected chi connectivity index (χ3v) is 3.96. The first-order valence-electron chi connectivity index (χ1n) is 8.88. The Bertz CT molecular complexity index is 140. The Morgan fingerprint density at radius 3 is 1.32 bits per heavy atom. The fourth-order valence-corrected chi connectivity index (χ4v) is 2.56. The van der Waals surface area contributed by atoms with Crippen LogP contribution in [0.5, 0.6) is 0 Å². The van der Waals surface area contributed by atoms with Crippen molar-refractivity contribution >= 4 is 0 Å². The molecule has 19 heavy (non-hydrogen) atoms. The van der Waals surface area contributed by atoms with E-state index >= 15 is 0 Å². The second kappa shape index (κ2) is 16.0. The number of hydrogen-bond acceptors (Lipinski definition) is 1. The SMILES string of the molecule is C[CH]N(CCCCCCCC)CCCCCCCC. The van der Waals surface area contributed by atoms with Crippen molar-refractivity contribution in [1.82, 2.24) is 4.90 Å². The van der Waals surface area contributed by atoms with Gasteiger partial charge in [0.05, 0.1) is 0 Å². The normalized spacial score (nSPS) is 11.4. The zero-order valence-corrected chi connectivity index (χ0v) is 13.9. The van der Waals surface area contributed by atoms with Gasteiger partial charge in [-0.25, -0.2) is 0 Å². The fourth-order valence-electron chi connectivity index (χ4n) is 2.56. The average Bonchev–Trinajstić information content (AvgIpc) is 2.44. The van der Waals surface area contributed by atoms with Gasteiger partial charge in [-0.1, -0.05) is 78.1 Å². The van der Waals surface area contributed by atoms with Gasteiger partial charge in [0.25, 0.3) is 0 Å². The van der Waals surface area contributed by atoms with Crippen molar-refractivity contribution in [2.45, 2.75) is 97.8 Å². The maximum Gasteiger partial charge on any atom is 0.0220 e. The monoisotopic (exact) mass is 268 g/mol. The lowest BCUT2D eigenvalue weighted by atomic mass is 10.1. The smallest absolute Gasteiger partial charge is 0.0220 e. The highest BCUT2D eigenvalue weighted by molar-refractivity contribution is 4.64. The molecule has 0 aromatic rings. The quantitative estimate of drug-likeness (QED) is 0.320. The molecule has 0 rings (SSSR count). The summed E-state index contributed by atoms with van der Waals surface area (Å²) in [6.07, 6.45) is 16.9. The second-order valence-electron chi connectivity index (χ2n) is 5.83. The molecule has 1 radical (unpaired) electrons. The number of hydrogen-bond donors (Lipinski definition) is 0. The summed E-state index contributed by atoms with van der Waals surface area (Å²) in [5, 5.41) is 0. The van der Waals surface area contributed by atoms with Crippen LogP contribution in [0.4, 0.5) is 0 Å². The van der Waals surface area contributed by atoms with Crippen LogP contribution in [-0.2, 0) is 0 Å². The van der Waals surface area contributed by atoms with Crippen molar-refractivity contribution in [2.24, 2.45) is 0 Å². The Hall–Kier alpha value is -0.0400. The van der Waals surface area contributed by atoms with E-state index in [1.165, 1.54) is 90.1 Å². The van der Waals surface area contributed by atoms with Gasteiger partial charge in [-0.2, -0.15) is 0 Å². The molecule has 0 fully saturated rings. The number of rotatable bonds is 15. The summed E-state index contributed by atoms with van der Waals surface area (Å²) in [4.78, 5) is 2.53.